The molecule has 0 aliphatic carbocycles. The van der Waals surface area contributed by atoms with Crippen molar-refractivity contribution in [3.8, 4) is 0 Å². The number of aromatic nitrogens is 2. The van der Waals surface area contributed by atoms with Crippen LogP contribution in [0.5, 0.6) is 0 Å². The van der Waals surface area contributed by atoms with Crippen molar-refractivity contribution >= 4 is 39.0 Å². The van der Waals surface area contributed by atoms with Crippen molar-refractivity contribution in [3.05, 3.63) is 16.2 Å². The number of rotatable bonds is 2. The first-order valence-electron chi connectivity index (χ1n) is 6.97. The molecule has 0 bridgehead atoms. The van der Waals surface area contributed by atoms with E-state index in [1.54, 1.807) is 11.3 Å². The van der Waals surface area contributed by atoms with Crippen LogP contribution in [0.15, 0.2) is 6.07 Å². The number of aliphatic hydroxyl groups is 1. The Hall–Kier alpha value is -0.910. The first-order valence-corrected chi connectivity index (χ1v) is 8.17. The first-order chi connectivity index (χ1) is 9.58. The fourth-order valence-electron chi connectivity index (χ4n) is 2.59. The molecule has 0 radical (unpaired) electrons. The third-order valence-corrected chi connectivity index (χ3v) is 5.31. The molecule has 2 unspecified atom stereocenters. The van der Waals surface area contributed by atoms with Gasteiger partial charge in [0.25, 0.3) is 0 Å². The van der Waals surface area contributed by atoms with E-state index in [2.05, 4.69) is 34.8 Å². The SMILES string of the molecule is CCc1cc2c(N3CCC(C)C(O)C3)nc(Cl)nc2s1. The lowest BCUT2D eigenvalue weighted by Gasteiger charge is -2.35. The number of aliphatic hydroxyl groups excluding tert-OH is 1. The second-order valence-corrected chi connectivity index (χ2v) is 6.83. The van der Waals surface area contributed by atoms with Crippen molar-refractivity contribution in [2.75, 3.05) is 18.0 Å². The standard InChI is InChI=1S/C14H18ClN3OS/c1-3-9-6-10-12(16-14(15)17-13(10)20-9)18-5-4-8(2)11(19)7-18/h6,8,11,19H,3-5,7H2,1-2H3. The summed E-state index contributed by atoms with van der Waals surface area (Å²) >= 11 is 7.72. The van der Waals surface area contributed by atoms with E-state index in [0.717, 1.165) is 35.4 Å². The Kier molecular flexibility index (Phi) is 3.84. The van der Waals surface area contributed by atoms with Gasteiger partial charge in [-0.05, 0) is 36.4 Å². The van der Waals surface area contributed by atoms with E-state index >= 15 is 0 Å². The van der Waals surface area contributed by atoms with Gasteiger partial charge in [-0.25, -0.2) is 4.98 Å². The number of hydrogen-bond donors (Lipinski definition) is 1. The Morgan fingerprint density at radius 2 is 2.30 bits per heavy atom. The minimum Gasteiger partial charge on any atom is -0.391 e. The maximum Gasteiger partial charge on any atom is 0.225 e. The molecule has 4 nitrogen and oxygen atoms in total. The lowest BCUT2D eigenvalue weighted by molar-refractivity contribution is 0.103. The van der Waals surface area contributed by atoms with Crippen LogP contribution in [0.25, 0.3) is 10.2 Å². The fourth-order valence-corrected chi connectivity index (χ4v) is 3.76. The van der Waals surface area contributed by atoms with E-state index in [1.165, 1.54) is 4.88 Å². The minimum absolute atomic E-state index is 0.283. The molecule has 20 heavy (non-hydrogen) atoms. The van der Waals surface area contributed by atoms with Gasteiger partial charge in [-0.15, -0.1) is 11.3 Å². The van der Waals surface area contributed by atoms with Crippen molar-refractivity contribution in [2.45, 2.75) is 32.8 Å². The van der Waals surface area contributed by atoms with Crippen LogP contribution in [-0.2, 0) is 6.42 Å². The summed E-state index contributed by atoms with van der Waals surface area (Å²) in [6, 6.07) is 2.15. The average molecular weight is 312 g/mol. The molecule has 6 heteroatoms. The summed E-state index contributed by atoms with van der Waals surface area (Å²) in [7, 11) is 0. The summed E-state index contributed by atoms with van der Waals surface area (Å²) in [5, 5.41) is 11.4. The van der Waals surface area contributed by atoms with E-state index in [1.807, 2.05) is 0 Å². The maximum absolute atomic E-state index is 10.1. The van der Waals surface area contributed by atoms with Gasteiger partial charge < -0.3 is 10.0 Å². The Labute approximate surface area is 127 Å². The van der Waals surface area contributed by atoms with Gasteiger partial charge in [-0.1, -0.05) is 13.8 Å². The number of piperidine rings is 1. The summed E-state index contributed by atoms with van der Waals surface area (Å²) in [6.45, 7) is 5.73. The summed E-state index contributed by atoms with van der Waals surface area (Å²) in [4.78, 5) is 13.1. The zero-order chi connectivity index (χ0) is 14.3. The van der Waals surface area contributed by atoms with E-state index in [-0.39, 0.29) is 11.4 Å². The number of β-amino-alcohol motifs (C(OH)–C–C–N with tert-alkyl or cyclic N) is 1. The molecule has 3 heterocycles. The van der Waals surface area contributed by atoms with Gasteiger partial charge in [0, 0.05) is 18.0 Å². The predicted octanol–water partition coefficient (Wildman–Crippen LogP) is 3.11. The molecule has 2 aromatic heterocycles. The van der Waals surface area contributed by atoms with Gasteiger partial charge in [-0.2, -0.15) is 4.98 Å². The lowest BCUT2D eigenvalue weighted by Crippen LogP contribution is -2.43. The smallest absolute Gasteiger partial charge is 0.225 e. The van der Waals surface area contributed by atoms with E-state index in [0.29, 0.717) is 12.5 Å². The van der Waals surface area contributed by atoms with Gasteiger partial charge in [0.15, 0.2) is 0 Å². The second kappa shape index (κ2) is 5.47. The van der Waals surface area contributed by atoms with Crippen LogP contribution in [0.4, 0.5) is 5.82 Å². The van der Waals surface area contributed by atoms with Crippen LogP contribution >= 0.6 is 22.9 Å². The van der Waals surface area contributed by atoms with Crippen molar-refractivity contribution in [3.63, 3.8) is 0 Å². The molecule has 0 saturated carbocycles. The van der Waals surface area contributed by atoms with Crippen LogP contribution in [0.3, 0.4) is 0 Å². The molecule has 108 valence electrons. The zero-order valence-corrected chi connectivity index (χ0v) is 13.2. The minimum atomic E-state index is -0.308. The molecule has 1 aliphatic rings. The fraction of sp³-hybridized carbons (Fsp3) is 0.571. The number of aryl methyl sites for hydroxylation is 1. The molecule has 2 atom stereocenters. The highest BCUT2D eigenvalue weighted by molar-refractivity contribution is 7.18. The number of fused-ring (bicyclic) bond motifs is 1. The molecule has 1 saturated heterocycles. The number of hydrogen-bond acceptors (Lipinski definition) is 5. The van der Waals surface area contributed by atoms with Crippen LogP contribution in [0.1, 0.15) is 25.1 Å². The predicted molar refractivity (Wildman–Crippen MR) is 83.8 cm³/mol. The highest BCUT2D eigenvalue weighted by Crippen LogP contribution is 2.34. The molecular formula is C14H18ClN3OS. The Morgan fingerprint density at radius 3 is 3.00 bits per heavy atom. The number of anilines is 1. The Balaban J connectivity index is 2.03. The van der Waals surface area contributed by atoms with E-state index in [9.17, 15) is 5.11 Å². The number of halogens is 1. The van der Waals surface area contributed by atoms with Crippen molar-refractivity contribution < 1.29 is 5.11 Å². The summed E-state index contributed by atoms with van der Waals surface area (Å²) in [5.74, 6) is 1.20. The third-order valence-electron chi connectivity index (χ3n) is 3.96. The topological polar surface area (TPSA) is 49.2 Å². The van der Waals surface area contributed by atoms with Crippen LogP contribution in [0, 0.1) is 5.92 Å². The number of nitrogens with zero attached hydrogens (tertiary/aromatic N) is 3. The highest BCUT2D eigenvalue weighted by Gasteiger charge is 2.27. The van der Waals surface area contributed by atoms with Crippen molar-refractivity contribution in [1.29, 1.82) is 0 Å². The summed E-state index contributed by atoms with van der Waals surface area (Å²) in [5.41, 5.74) is 0. The first kappa shape index (κ1) is 14.0. The van der Waals surface area contributed by atoms with Crippen molar-refractivity contribution in [1.82, 2.24) is 9.97 Å². The molecule has 2 aromatic rings. The molecule has 3 rings (SSSR count). The van der Waals surface area contributed by atoms with Gasteiger partial charge >= 0.3 is 0 Å². The zero-order valence-electron chi connectivity index (χ0n) is 11.6. The van der Waals surface area contributed by atoms with Gasteiger partial charge in [0.2, 0.25) is 5.28 Å². The van der Waals surface area contributed by atoms with E-state index < -0.39 is 0 Å². The van der Waals surface area contributed by atoms with Gasteiger partial charge in [0.1, 0.15) is 10.6 Å². The second-order valence-electron chi connectivity index (χ2n) is 5.38. The van der Waals surface area contributed by atoms with Crippen LogP contribution < -0.4 is 4.90 Å². The van der Waals surface area contributed by atoms with E-state index in [4.69, 9.17) is 11.6 Å². The summed E-state index contributed by atoms with van der Waals surface area (Å²) < 4.78 is 0. The van der Waals surface area contributed by atoms with Gasteiger partial charge in [-0.3, -0.25) is 0 Å². The third kappa shape index (κ3) is 2.50. The molecule has 0 aromatic carbocycles. The molecule has 1 N–H and O–H groups in total. The van der Waals surface area contributed by atoms with Crippen LogP contribution in [-0.4, -0.2) is 34.3 Å². The molecule has 0 amide bonds. The monoisotopic (exact) mass is 311 g/mol. The maximum atomic E-state index is 10.1. The summed E-state index contributed by atoms with van der Waals surface area (Å²) in [6.07, 6.45) is 1.64. The Bertz CT molecular complexity index is 630. The largest absolute Gasteiger partial charge is 0.391 e. The van der Waals surface area contributed by atoms with Gasteiger partial charge in [0.05, 0.1) is 11.5 Å². The molecule has 0 spiro atoms. The average Bonchev–Trinajstić information content (AvgIpc) is 2.83. The lowest BCUT2D eigenvalue weighted by atomic mass is 9.96. The van der Waals surface area contributed by atoms with Crippen LogP contribution in [0.2, 0.25) is 5.28 Å². The molecule has 1 fully saturated rings. The quantitative estimate of drug-likeness (QED) is 0.866. The normalized spacial score (nSPS) is 23.5. The number of thiophene rings is 1. The highest BCUT2D eigenvalue weighted by atomic mass is 35.5. The molecular weight excluding hydrogens is 294 g/mol. The molecule has 1 aliphatic heterocycles. The Morgan fingerprint density at radius 1 is 1.50 bits per heavy atom. The van der Waals surface area contributed by atoms with Crippen molar-refractivity contribution in [2.24, 2.45) is 5.92 Å².